The number of benzene rings is 1. The van der Waals surface area contributed by atoms with E-state index >= 15 is 0 Å². The molecule has 0 unspecified atom stereocenters. The number of hydrogen-bond donors (Lipinski definition) is 1. The fourth-order valence-electron chi connectivity index (χ4n) is 2.21. The van der Waals surface area contributed by atoms with Crippen LogP contribution in [0.1, 0.15) is 35.7 Å². The smallest absolute Gasteiger partial charge is 0.264 e. The van der Waals surface area contributed by atoms with Gasteiger partial charge in [-0.1, -0.05) is 21.1 Å². The number of aromatic nitrogens is 2. The highest BCUT2D eigenvalue weighted by Gasteiger charge is 2.21. The van der Waals surface area contributed by atoms with Gasteiger partial charge in [-0.15, -0.1) is 0 Å². The van der Waals surface area contributed by atoms with Crippen LogP contribution in [0.25, 0.3) is 0 Å². The fraction of sp³-hybridized carbons (Fsp3) is 0.467. The average Bonchev–Trinajstić information content (AvgIpc) is 3.17. The summed E-state index contributed by atoms with van der Waals surface area (Å²) < 4.78 is 12.1. The number of rotatable bonds is 6. The predicted octanol–water partition coefficient (Wildman–Crippen LogP) is 3.28. The van der Waals surface area contributed by atoms with E-state index < -0.39 is 0 Å². The summed E-state index contributed by atoms with van der Waals surface area (Å²) in [6.45, 7) is 4.94. The molecule has 1 saturated carbocycles. The van der Waals surface area contributed by atoms with Crippen LogP contribution < -0.4 is 10.1 Å². The Bertz CT molecular complexity index is 638. The van der Waals surface area contributed by atoms with Crippen LogP contribution in [-0.4, -0.2) is 16.2 Å². The van der Waals surface area contributed by atoms with Crippen LogP contribution in [-0.2, 0) is 13.2 Å². The standard InChI is InChI=1S/C15H18BrN3O2/c1-9-5-12(16)6-11(7-17-13-3-4-13)15(9)20-8-14-18-10(2)19-21-14/h5-6,13,17H,3-4,7-8H2,1-2H3. The molecule has 0 saturated heterocycles. The Morgan fingerprint density at radius 3 is 2.86 bits per heavy atom. The Labute approximate surface area is 132 Å². The lowest BCUT2D eigenvalue weighted by atomic mass is 10.1. The van der Waals surface area contributed by atoms with E-state index in [1.54, 1.807) is 6.92 Å². The lowest BCUT2D eigenvalue weighted by Crippen LogP contribution is -2.16. The van der Waals surface area contributed by atoms with Crippen molar-refractivity contribution in [1.29, 1.82) is 0 Å². The molecule has 6 heteroatoms. The maximum atomic E-state index is 5.92. The van der Waals surface area contributed by atoms with Gasteiger partial charge in [-0.05, 0) is 44.4 Å². The summed E-state index contributed by atoms with van der Waals surface area (Å²) in [5, 5.41) is 7.29. The van der Waals surface area contributed by atoms with E-state index in [4.69, 9.17) is 9.26 Å². The summed E-state index contributed by atoms with van der Waals surface area (Å²) >= 11 is 3.54. The summed E-state index contributed by atoms with van der Waals surface area (Å²) in [4.78, 5) is 4.16. The highest BCUT2D eigenvalue weighted by Crippen LogP contribution is 2.30. The number of hydrogen-bond acceptors (Lipinski definition) is 5. The average molecular weight is 352 g/mol. The first-order valence-corrected chi connectivity index (χ1v) is 7.85. The Morgan fingerprint density at radius 1 is 1.38 bits per heavy atom. The van der Waals surface area contributed by atoms with Crippen molar-refractivity contribution in [2.75, 3.05) is 0 Å². The third kappa shape index (κ3) is 3.83. The molecule has 0 atom stereocenters. The minimum Gasteiger partial charge on any atom is -0.483 e. The summed E-state index contributed by atoms with van der Waals surface area (Å²) in [6, 6.07) is 4.81. The van der Waals surface area contributed by atoms with Gasteiger partial charge in [-0.3, -0.25) is 0 Å². The van der Waals surface area contributed by atoms with Crippen molar-refractivity contribution in [1.82, 2.24) is 15.5 Å². The molecule has 0 aliphatic heterocycles. The number of halogens is 1. The number of ether oxygens (including phenoxy) is 1. The normalized spacial score (nSPS) is 14.4. The van der Waals surface area contributed by atoms with Crippen LogP contribution in [0.15, 0.2) is 21.1 Å². The molecule has 1 aliphatic carbocycles. The van der Waals surface area contributed by atoms with E-state index in [2.05, 4.69) is 43.5 Å². The SMILES string of the molecule is Cc1noc(COc2c(C)cc(Br)cc2CNC2CC2)n1. The zero-order chi connectivity index (χ0) is 14.8. The lowest BCUT2D eigenvalue weighted by Gasteiger charge is -2.14. The predicted molar refractivity (Wildman–Crippen MR) is 82.1 cm³/mol. The zero-order valence-electron chi connectivity index (χ0n) is 12.1. The number of aryl methyl sites for hydroxylation is 2. The molecule has 21 heavy (non-hydrogen) atoms. The van der Waals surface area contributed by atoms with Crippen molar-refractivity contribution in [2.45, 2.75) is 45.9 Å². The highest BCUT2D eigenvalue weighted by molar-refractivity contribution is 9.10. The lowest BCUT2D eigenvalue weighted by molar-refractivity contribution is 0.239. The summed E-state index contributed by atoms with van der Waals surface area (Å²) in [5.74, 6) is 2.01. The van der Waals surface area contributed by atoms with Gasteiger partial charge in [0.05, 0.1) is 0 Å². The van der Waals surface area contributed by atoms with Crippen LogP contribution >= 0.6 is 15.9 Å². The van der Waals surface area contributed by atoms with Gasteiger partial charge in [0.25, 0.3) is 5.89 Å². The maximum absolute atomic E-state index is 5.92. The van der Waals surface area contributed by atoms with Crippen molar-refractivity contribution in [3.8, 4) is 5.75 Å². The van der Waals surface area contributed by atoms with E-state index in [-0.39, 0.29) is 0 Å². The molecule has 1 fully saturated rings. The fourth-order valence-corrected chi connectivity index (χ4v) is 2.83. The Morgan fingerprint density at radius 2 is 2.19 bits per heavy atom. The minimum atomic E-state index is 0.291. The second-order valence-electron chi connectivity index (χ2n) is 5.39. The maximum Gasteiger partial charge on any atom is 0.264 e. The molecule has 1 aromatic heterocycles. The Kier molecular flexibility index (Phi) is 4.26. The van der Waals surface area contributed by atoms with Gasteiger partial charge in [-0.2, -0.15) is 4.98 Å². The molecular weight excluding hydrogens is 334 g/mol. The van der Waals surface area contributed by atoms with Gasteiger partial charge < -0.3 is 14.6 Å². The second-order valence-corrected chi connectivity index (χ2v) is 6.31. The Hall–Kier alpha value is -1.40. The molecule has 1 aromatic carbocycles. The van der Waals surface area contributed by atoms with Crippen LogP contribution in [0.3, 0.4) is 0 Å². The molecule has 2 aromatic rings. The van der Waals surface area contributed by atoms with Crippen LogP contribution in [0.2, 0.25) is 0 Å². The van der Waals surface area contributed by atoms with Crippen molar-refractivity contribution in [3.05, 3.63) is 39.4 Å². The topological polar surface area (TPSA) is 60.2 Å². The van der Waals surface area contributed by atoms with E-state index in [0.717, 1.165) is 27.9 Å². The van der Waals surface area contributed by atoms with Gasteiger partial charge in [0, 0.05) is 22.6 Å². The molecule has 3 rings (SSSR count). The molecule has 0 spiro atoms. The summed E-state index contributed by atoms with van der Waals surface area (Å²) in [6.07, 6.45) is 2.54. The van der Waals surface area contributed by atoms with Crippen molar-refractivity contribution in [2.24, 2.45) is 0 Å². The van der Waals surface area contributed by atoms with E-state index in [9.17, 15) is 0 Å². The number of nitrogens with zero attached hydrogens (tertiary/aromatic N) is 2. The summed E-state index contributed by atoms with van der Waals surface area (Å²) in [7, 11) is 0. The van der Waals surface area contributed by atoms with Gasteiger partial charge in [0.15, 0.2) is 12.4 Å². The number of nitrogens with one attached hydrogen (secondary N) is 1. The van der Waals surface area contributed by atoms with Gasteiger partial charge in [0.2, 0.25) is 0 Å². The highest BCUT2D eigenvalue weighted by atomic mass is 79.9. The van der Waals surface area contributed by atoms with Gasteiger partial charge >= 0.3 is 0 Å². The van der Waals surface area contributed by atoms with E-state index in [1.165, 1.54) is 12.8 Å². The first-order chi connectivity index (χ1) is 10.1. The molecule has 0 bridgehead atoms. The zero-order valence-corrected chi connectivity index (χ0v) is 13.7. The third-order valence-corrected chi connectivity index (χ3v) is 3.84. The molecule has 0 amide bonds. The quantitative estimate of drug-likeness (QED) is 0.865. The second kappa shape index (κ2) is 6.15. The molecule has 0 radical (unpaired) electrons. The first kappa shape index (κ1) is 14.5. The monoisotopic (exact) mass is 351 g/mol. The van der Waals surface area contributed by atoms with Crippen LogP contribution in [0, 0.1) is 13.8 Å². The molecule has 112 valence electrons. The van der Waals surface area contributed by atoms with Crippen LogP contribution in [0.5, 0.6) is 5.75 Å². The first-order valence-electron chi connectivity index (χ1n) is 7.06. The van der Waals surface area contributed by atoms with E-state index in [0.29, 0.717) is 24.4 Å². The van der Waals surface area contributed by atoms with Crippen LogP contribution in [0.4, 0.5) is 0 Å². The largest absolute Gasteiger partial charge is 0.483 e. The van der Waals surface area contributed by atoms with Crippen molar-refractivity contribution < 1.29 is 9.26 Å². The van der Waals surface area contributed by atoms with E-state index in [1.807, 2.05) is 6.92 Å². The molecule has 1 heterocycles. The van der Waals surface area contributed by atoms with Crippen molar-refractivity contribution in [3.63, 3.8) is 0 Å². The molecule has 5 nitrogen and oxygen atoms in total. The third-order valence-electron chi connectivity index (χ3n) is 3.38. The molecule has 1 aliphatic rings. The Balaban J connectivity index is 1.74. The summed E-state index contributed by atoms with van der Waals surface area (Å²) in [5.41, 5.74) is 2.23. The van der Waals surface area contributed by atoms with Crippen molar-refractivity contribution >= 4 is 15.9 Å². The minimum absolute atomic E-state index is 0.291. The molecular formula is C15H18BrN3O2. The van der Waals surface area contributed by atoms with Gasteiger partial charge in [0.1, 0.15) is 5.75 Å². The molecule has 1 N–H and O–H groups in total. The van der Waals surface area contributed by atoms with Gasteiger partial charge in [-0.25, -0.2) is 0 Å².